The van der Waals surface area contributed by atoms with Gasteiger partial charge in [-0.2, -0.15) is 0 Å². The molecule has 4 rings (SSSR count). The minimum Gasteiger partial charge on any atom is -0.354 e. The van der Waals surface area contributed by atoms with Crippen LogP contribution in [0.2, 0.25) is 0 Å². The fraction of sp³-hybridized carbons (Fsp3) is 0.667. The highest BCUT2D eigenvalue weighted by Crippen LogP contribution is 2.28. The normalized spacial score (nSPS) is 29.3. The Balaban J connectivity index is 1.28. The second kappa shape index (κ2) is 7.08. The van der Waals surface area contributed by atoms with E-state index in [1.165, 1.54) is 4.90 Å². The Morgan fingerprint density at radius 3 is 2.65 bits per heavy atom. The summed E-state index contributed by atoms with van der Waals surface area (Å²) in [6, 6.07) is 5.89. The summed E-state index contributed by atoms with van der Waals surface area (Å²) in [6.45, 7) is 4.13. The Labute approximate surface area is 152 Å². The molecule has 0 aromatic carbocycles. The number of alkyl halides is 2. The number of rotatable bonds is 3. The van der Waals surface area contributed by atoms with Gasteiger partial charge in [0, 0.05) is 57.9 Å². The molecule has 0 spiro atoms. The quantitative estimate of drug-likeness (QED) is 0.859. The van der Waals surface area contributed by atoms with Crippen LogP contribution in [0.15, 0.2) is 24.4 Å². The van der Waals surface area contributed by atoms with Crippen LogP contribution in [-0.4, -0.2) is 84.5 Å². The fourth-order valence-electron chi connectivity index (χ4n) is 4.18. The number of pyridine rings is 1. The molecule has 2 atom stereocenters. The van der Waals surface area contributed by atoms with Crippen LogP contribution in [0.3, 0.4) is 0 Å². The average molecular weight is 365 g/mol. The maximum atomic E-state index is 13.4. The first-order chi connectivity index (χ1) is 12.5. The largest absolute Gasteiger partial charge is 0.354 e. The molecule has 0 unspecified atom stereocenters. The van der Waals surface area contributed by atoms with E-state index in [1.54, 1.807) is 6.20 Å². The Hall–Kier alpha value is -1.80. The number of carbonyl (C=O) groups excluding carboxylic acids is 1. The molecule has 3 saturated heterocycles. The molecule has 0 bridgehead atoms. The monoisotopic (exact) mass is 365 g/mol. The van der Waals surface area contributed by atoms with E-state index in [-0.39, 0.29) is 31.0 Å². The van der Waals surface area contributed by atoms with Crippen LogP contribution < -0.4 is 10.2 Å². The van der Waals surface area contributed by atoms with Crippen LogP contribution in [0.5, 0.6) is 0 Å². The highest BCUT2D eigenvalue weighted by molar-refractivity contribution is 5.82. The molecule has 1 N–H and O–H groups in total. The van der Waals surface area contributed by atoms with Crippen molar-refractivity contribution in [2.75, 3.05) is 50.7 Å². The molecule has 0 aliphatic carbocycles. The van der Waals surface area contributed by atoms with Crippen LogP contribution in [0, 0.1) is 0 Å². The molecule has 142 valence electrons. The number of likely N-dealkylation sites (tertiary alicyclic amines) is 1. The Kier molecular flexibility index (Phi) is 4.79. The number of nitrogens with zero attached hydrogens (tertiary/aromatic N) is 4. The smallest absolute Gasteiger partial charge is 0.267 e. The van der Waals surface area contributed by atoms with Gasteiger partial charge in [0.25, 0.3) is 5.92 Å². The van der Waals surface area contributed by atoms with Crippen molar-refractivity contribution in [3.8, 4) is 0 Å². The van der Waals surface area contributed by atoms with Gasteiger partial charge in [0.05, 0.1) is 12.6 Å². The lowest BCUT2D eigenvalue weighted by Gasteiger charge is -2.38. The molecule has 3 aliphatic rings. The number of carbonyl (C=O) groups is 1. The topological polar surface area (TPSA) is 51.7 Å². The standard InChI is InChI=1S/C18H25F2N5O/c19-18(20)4-6-25(13-18)17(26)15-11-14(12-22-15)23-7-9-24(10-8-23)16-3-1-2-5-21-16/h1-3,5,14-15,22H,4,6-13H2/t14-,15-/m0/s1. The van der Waals surface area contributed by atoms with Gasteiger partial charge in [0.2, 0.25) is 5.91 Å². The number of anilines is 1. The summed E-state index contributed by atoms with van der Waals surface area (Å²) >= 11 is 0. The van der Waals surface area contributed by atoms with E-state index in [0.717, 1.165) is 38.5 Å². The summed E-state index contributed by atoms with van der Waals surface area (Å²) in [5.41, 5.74) is 0. The van der Waals surface area contributed by atoms with Gasteiger partial charge in [-0.3, -0.25) is 9.69 Å². The van der Waals surface area contributed by atoms with E-state index in [0.29, 0.717) is 6.42 Å². The zero-order valence-corrected chi connectivity index (χ0v) is 14.8. The third-order valence-corrected chi connectivity index (χ3v) is 5.69. The van der Waals surface area contributed by atoms with E-state index in [2.05, 4.69) is 20.1 Å². The molecular weight excluding hydrogens is 340 g/mol. The molecule has 8 heteroatoms. The summed E-state index contributed by atoms with van der Waals surface area (Å²) in [4.78, 5) is 22.9. The molecule has 3 aliphatic heterocycles. The minimum atomic E-state index is -2.73. The van der Waals surface area contributed by atoms with Gasteiger partial charge in [-0.25, -0.2) is 13.8 Å². The van der Waals surface area contributed by atoms with Gasteiger partial charge < -0.3 is 15.1 Å². The fourth-order valence-corrected chi connectivity index (χ4v) is 4.18. The van der Waals surface area contributed by atoms with E-state index in [4.69, 9.17) is 0 Å². The van der Waals surface area contributed by atoms with Gasteiger partial charge in [0.1, 0.15) is 5.82 Å². The first kappa shape index (κ1) is 17.6. The lowest BCUT2D eigenvalue weighted by atomic mass is 10.1. The predicted molar refractivity (Wildman–Crippen MR) is 94.4 cm³/mol. The number of aromatic nitrogens is 1. The number of hydrogen-bond acceptors (Lipinski definition) is 5. The van der Waals surface area contributed by atoms with Crippen molar-refractivity contribution in [3.63, 3.8) is 0 Å². The third-order valence-electron chi connectivity index (χ3n) is 5.69. The summed E-state index contributed by atoms with van der Waals surface area (Å²) in [5.74, 6) is -1.90. The van der Waals surface area contributed by atoms with E-state index in [1.807, 2.05) is 18.2 Å². The first-order valence-corrected chi connectivity index (χ1v) is 9.32. The van der Waals surface area contributed by atoms with Crippen LogP contribution in [0.25, 0.3) is 0 Å². The van der Waals surface area contributed by atoms with Crippen molar-refractivity contribution in [1.29, 1.82) is 0 Å². The number of nitrogens with one attached hydrogen (secondary N) is 1. The third kappa shape index (κ3) is 3.66. The van der Waals surface area contributed by atoms with E-state index >= 15 is 0 Å². The van der Waals surface area contributed by atoms with Crippen molar-refractivity contribution in [3.05, 3.63) is 24.4 Å². The van der Waals surface area contributed by atoms with E-state index < -0.39 is 12.5 Å². The number of amides is 1. The highest BCUT2D eigenvalue weighted by atomic mass is 19.3. The van der Waals surface area contributed by atoms with Crippen molar-refractivity contribution in [2.45, 2.75) is 30.8 Å². The van der Waals surface area contributed by atoms with Gasteiger partial charge in [-0.1, -0.05) is 6.07 Å². The SMILES string of the molecule is O=C([C@@H]1C[C@H](N2CCN(c3ccccn3)CC2)CN1)N1CCC(F)(F)C1. The maximum absolute atomic E-state index is 13.4. The van der Waals surface area contributed by atoms with Gasteiger partial charge >= 0.3 is 0 Å². The molecule has 4 heterocycles. The predicted octanol–water partition coefficient (Wildman–Crippen LogP) is 0.802. The Morgan fingerprint density at radius 2 is 2.00 bits per heavy atom. The van der Waals surface area contributed by atoms with Crippen LogP contribution >= 0.6 is 0 Å². The second-order valence-corrected chi connectivity index (χ2v) is 7.43. The zero-order chi connectivity index (χ0) is 18.1. The lowest BCUT2D eigenvalue weighted by molar-refractivity contribution is -0.133. The maximum Gasteiger partial charge on any atom is 0.267 e. The number of halogens is 2. The number of hydrogen-bond donors (Lipinski definition) is 1. The summed E-state index contributed by atoms with van der Waals surface area (Å²) in [6.07, 6.45) is 2.29. The molecule has 1 aromatic heterocycles. The molecule has 6 nitrogen and oxygen atoms in total. The molecule has 3 fully saturated rings. The molecular formula is C18H25F2N5O. The zero-order valence-electron chi connectivity index (χ0n) is 14.8. The number of piperazine rings is 1. The Morgan fingerprint density at radius 1 is 1.19 bits per heavy atom. The minimum absolute atomic E-state index is 0.164. The van der Waals surface area contributed by atoms with Gasteiger partial charge in [-0.15, -0.1) is 0 Å². The van der Waals surface area contributed by atoms with Gasteiger partial charge in [0.15, 0.2) is 0 Å². The van der Waals surface area contributed by atoms with E-state index in [9.17, 15) is 13.6 Å². The van der Waals surface area contributed by atoms with Crippen molar-refractivity contribution < 1.29 is 13.6 Å². The van der Waals surface area contributed by atoms with Crippen molar-refractivity contribution in [2.24, 2.45) is 0 Å². The summed E-state index contributed by atoms with van der Waals surface area (Å²) in [7, 11) is 0. The van der Waals surface area contributed by atoms with Crippen LogP contribution in [0.1, 0.15) is 12.8 Å². The summed E-state index contributed by atoms with van der Waals surface area (Å²) in [5, 5.41) is 3.25. The van der Waals surface area contributed by atoms with Crippen molar-refractivity contribution >= 4 is 11.7 Å². The Bertz CT molecular complexity index is 636. The lowest BCUT2D eigenvalue weighted by Crippen LogP contribution is -2.51. The molecule has 0 radical (unpaired) electrons. The van der Waals surface area contributed by atoms with Gasteiger partial charge in [-0.05, 0) is 18.6 Å². The summed E-state index contributed by atoms with van der Waals surface area (Å²) < 4.78 is 26.7. The van der Waals surface area contributed by atoms with Crippen LogP contribution in [0.4, 0.5) is 14.6 Å². The molecule has 26 heavy (non-hydrogen) atoms. The van der Waals surface area contributed by atoms with Crippen LogP contribution in [-0.2, 0) is 4.79 Å². The second-order valence-electron chi connectivity index (χ2n) is 7.43. The molecule has 1 aromatic rings. The average Bonchev–Trinajstić information content (AvgIpc) is 3.29. The molecule has 1 amide bonds. The molecule has 0 saturated carbocycles. The highest BCUT2D eigenvalue weighted by Gasteiger charge is 2.43. The van der Waals surface area contributed by atoms with Crippen molar-refractivity contribution in [1.82, 2.24) is 20.1 Å². The first-order valence-electron chi connectivity index (χ1n) is 9.32.